The number of fused-ring (bicyclic) bond motifs is 8. The van der Waals surface area contributed by atoms with E-state index in [-0.39, 0.29) is 11.5 Å². The smallest absolute Gasteiger partial charge is 0.115 e. The molecule has 7 aromatic rings. The summed E-state index contributed by atoms with van der Waals surface area (Å²) in [5.41, 5.74) is 16.9. The first kappa shape index (κ1) is 31.1. The predicted octanol–water partition coefficient (Wildman–Crippen LogP) is 11.4. The molecule has 0 saturated heterocycles. The highest BCUT2D eigenvalue weighted by Gasteiger charge is 2.19. The van der Waals surface area contributed by atoms with Gasteiger partial charge in [-0.15, -0.1) is 0 Å². The van der Waals surface area contributed by atoms with Crippen LogP contribution >= 0.6 is 0 Å². The molecule has 0 saturated carbocycles. The summed E-state index contributed by atoms with van der Waals surface area (Å²) in [6.07, 6.45) is 8.29. The van der Waals surface area contributed by atoms with E-state index in [1.165, 1.54) is 11.1 Å². The van der Waals surface area contributed by atoms with Gasteiger partial charge >= 0.3 is 0 Å². The van der Waals surface area contributed by atoms with Crippen molar-refractivity contribution in [2.75, 3.05) is 0 Å². The Kier molecular flexibility index (Phi) is 7.44. The van der Waals surface area contributed by atoms with Crippen LogP contribution in [0.2, 0.25) is 0 Å². The van der Waals surface area contributed by atoms with Crippen LogP contribution in [0.3, 0.4) is 0 Å². The van der Waals surface area contributed by atoms with Crippen molar-refractivity contribution in [1.82, 2.24) is 19.9 Å². The fraction of sp³-hybridized carbons (Fsp3) is 0.0435. The molecule has 6 nitrogen and oxygen atoms in total. The molecule has 0 atom stereocenters. The Balaban J connectivity index is 1.47. The van der Waals surface area contributed by atoms with E-state index in [1.54, 1.807) is 24.3 Å². The maximum atomic E-state index is 10.2. The quantitative estimate of drug-likeness (QED) is 0.149. The Hall–Kier alpha value is -6.92. The number of aryl methyl sites for hydroxylation is 2. The number of aromatic nitrogens is 4. The zero-order chi connectivity index (χ0) is 35.3. The zero-order valence-electron chi connectivity index (χ0n) is 28.6. The average molecular weight is 675 g/mol. The number of aromatic amines is 2. The Morgan fingerprint density at radius 2 is 0.596 bits per heavy atom. The highest BCUT2D eigenvalue weighted by atomic mass is 16.3. The molecule has 0 amide bonds. The van der Waals surface area contributed by atoms with E-state index in [0.29, 0.717) is 0 Å². The standard InChI is InChI=1S/C46H34N4O2/c1-27-3-7-29(8-4-27)43-35-19-23-39(47-35)45(31-11-15-33(51)16-12-31)41-25-21-37(49-41)44(30-9-5-28(2)6-10-30)38-22-26-42(50-38)46(40-24-20-36(43)48-40)32-13-17-34(52)18-14-32/h3-26,47,50-52H,1-2H3. The lowest BCUT2D eigenvalue weighted by atomic mass is 10.0. The van der Waals surface area contributed by atoms with Gasteiger partial charge in [-0.05, 0) is 109 Å². The lowest BCUT2D eigenvalue weighted by Crippen LogP contribution is -1.90. The number of nitrogens with zero attached hydrogens (tertiary/aromatic N) is 2. The van der Waals surface area contributed by atoms with Crippen molar-refractivity contribution in [2.45, 2.75) is 13.8 Å². The molecular weight excluding hydrogens is 641 g/mol. The third kappa shape index (κ3) is 5.56. The summed E-state index contributed by atoms with van der Waals surface area (Å²) in [4.78, 5) is 18.2. The number of benzene rings is 4. The second-order valence-corrected chi connectivity index (χ2v) is 13.3. The second kappa shape index (κ2) is 12.4. The van der Waals surface area contributed by atoms with Crippen LogP contribution in [0.25, 0.3) is 90.9 Å². The normalized spacial score (nSPS) is 12.0. The second-order valence-electron chi connectivity index (χ2n) is 13.3. The Morgan fingerprint density at radius 3 is 0.865 bits per heavy atom. The van der Waals surface area contributed by atoms with Gasteiger partial charge in [0.05, 0.1) is 22.8 Å². The Labute approximate surface area is 300 Å². The summed E-state index contributed by atoms with van der Waals surface area (Å²) in [6, 6.07) is 40.0. The van der Waals surface area contributed by atoms with Crippen LogP contribution in [-0.2, 0) is 0 Å². The van der Waals surface area contributed by atoms with Crippen LogP contribution in [-0.4, -0.2) is 30.1 Å². The molecule has 0 unspecified atom stereocenters. The van der Waals surface area contributed by atoms with Crippen LogP contribution < -0.4 is 0 Å². The largest absolute Gasteiger partial charge is 0.508 e. The summed E-state index contributed by atoms with van der Waals surface area (Å²) < 4.78 is 0. The van der Waals surface area contributed by atoms with Gasteiger partial charge in [0, 0.05) is 44.3 Å². The maximum absolute atomic E-state index is 10.2. The molecule has 250 valence electrons. The van der Waals surface area contributed by atoms with Crippen molar-refractivity contribution in [3.63, 3.8) is 0 Å². The van der Waals surface area contributed by atoms with Crippen molar-refractivity contribution in [3.05, 3.63) is 155 Å². The molecule has 0 radical (unpaired) electrons. The van der Waals surface area contributed by atoms with E-state index in [4.69, 9.17) is 9.97 Å². The molecule has 3 aromatic heterocycles. The third-order valence-electron chi connectivity index (χ3n) is 9.75. The van der Waals surface area contributed by atoms with Crippen molar-refractivity contribution >= 4 is 46.4 Å². The van der Waals surface area contributed by atoms with Gasteiger partial charge in [-0.3, -0.25) is 0 Å². The molecule has 0 aliphatic carbocycles. The maximum Gasteiger partial charge on any atom is 0.115 e. The number of hydrogen-bond acceptors (Lipinski definition) is 4. The van der Waals surface area contributed by atoms with Crippen molar-refractivity contribution in [1.29, 1.82) is 0 Å². The molecule has 4 N–H and O–H groups in total. The molecule has 9 rings (SSSR count). The van der Waals surface area contributed by atoms with E-state index in [2.05, 4.69) is 121 Å². The summed E-state index contributed by atoms with van der Waals surface area (Å²) in [5, 5.41) is 20.4. The average Bonchev–Trinajstić information content (AvgIpc) is 3.99. The number of phenolic OH excluding ortho intramolecular Hbond substituents is 2. The summed E-state index contributed by atoms with van der Waals surface area (Å²) in [6.45, 7) is 4.18. The highest BCUT2D eigenvalue weighted by Crippen LogP contribution is 2.39. The van der Waals surface area contributed by atoms with Gasteiger partial charge in [0.15, 0.2) is 0 Å². The van der Waals surface area contributed by atoms with Gasteiger partial charge in [-0.2, -0.15) is 0 Å². The van der Waals surface area contributed by atoms with Crippen LogP contribution in [0.1, 0.15) is 33.9 Å². The predicted molar refractivity (Wildman–Crippen MR) is 213 cm³/mol. The molecule has 2 aliphatic heterocycles. The molecule has 8 bridgehead atoms. The van der Waals surface area contributed by atoms with Crippen molar-refractivity contribution in [2.24, 2.45) is 0 Å². The monoisotopic (exact) mass is 674 g/mol. The van der Waals surface area contributed by atoms with Gasteiger partial charge in [0.25, 0.3) is 0 Å². The first-order valence-corrected chi connectivity index (χ1v) is 17.3. The number of hydrogen-bond donors (Lipinski definition) is 4. The van der Waals surface area contributed by atoms with Crippen LogP contribution in [0, 0.1) is 13.8 Å². The Morgan fingerprint density at radius 1 is 0.346 bits per heavy atom. The van der Waals surface area contributed by atoms with Gasteiger partial charge in [-0.25, -0.2) is 9.97 Å². The fourth-order valence-electron chi connectivity index (χ4n) is 7.12. The van der Waals surface area contributed by atoms with Gasteiger partial charge in [0.1, 0.15) is 11.5 Å². The van der Waals surface area contributed by atoms with E-state index in [0.717, 1.165) is 89.4 Å². The van der Waals surface area contributed by atoms with Crippen molar-refractivity contribution in [3.8, 4) is 56.0 Å². The molecule has 0 fully saturated rings. The minimum absolute atomic E-state index is 0.204. The van der Waals surface area contributed by atoms with E-state index in [1.807, 2.05) is 24.3 Å². The number of rotatable bonds is 4. The molecule has 6 heteroatoms. The van der Waals surface area contributed by atoms with E-state index < -0.39 is 0 Å². The van der Waals surface area contributed by atoms with Gasteiger partial charge in [-0.1, -0.05) is 83.9 Å². The molecule has 5 heterocycles. The van der Waals surface area contributed by atoms with Crippen molar-refractivity contribution < 1.29 is 10.2 Å². The van der Waals surface area contributed by atoms with Crippen LogP contribution in [0.4, 0.5) is 0 Å². The summed E-state index contributed by atoms with van der Waals surface area (Å²) in [5.74, 6) is 0.407. The molecule has 0 spiro atoms. The van der Waals surface area contributed by atoms with Crippen LogP contribution in [0.15, 0.2) is 121 Å². The number of phenols is 2. The molecule has 52 heavy (non-hydrogen) atoms. The van der Waals surface area contributed by atoms with E-state index >= 15 is 0 Å². The van der Waals surface area contributed by atoms with E-state index in [9.17, 15) is 10.2 Å². The van der Waals surface area contributed by atoms with Crippen LogP contribution in [0.5, 0.6) is 11.5 Å². The third-order valence-corrected chi connectivity index (χ3v) is 9.75. The SMILES string of the molecule is Cc1ccc(-c2c3nc(c(-c4ccc(O)cc4)c4ccc([nH]4)c(-c4ccc(C)cc4)c4nc(c(-c5ccc(O)cc5)c5ccc2[nH]5)C=C4)C=C3)cc1. The topological polar surface area (TPSA) is 97.8 Å². The number of nitrogens with one attached hydrogen (secondary N) is 2. The first-order valence-electron chi connectivity index (χ1n) is 17.3. The van der Waals surface area contributed by atoms with Gasteiger partial charge < -0.3 is 20.2 Å². The Bertz CT molecular complexity index is 2360. The molecule has 2 aliphatic rings. The lowest BCUT2D eigenvalue weighted by Gasteiger charge is -2.07. The minimum Gasteiger partial charge on any atom is -0.508 e. The highest BCUT2D eigenvalue weighted by molar-refractivity contribution is 5.99. The number of aromatic hydroxyl groups is 2. The number of H-pyrrole nitrogens is 2. The molecule has 4 aromatic carbocycles. The summed E-state index contributed by atoms with van der Waals surface area (Å²) >= 11 is 0. The lowest BCUT2D eigenvalue weighted by molar-refractivity contribution is 0.475. The summed E-state index contributed by atoms with van der Waals surface area (Å²) in [7, 11) is 0. The first-order chi connectivity index (χ1) is 25.4. The minimum atomic E-state index is 0.204. The molecular formula is C46H34N4O2. The fourth-order valence-corrected chi connectivity index (χ4v) is 7.12. The van der Waals surface area contributed by atoms with Gasteiger partial charge in [0.2, 0.25) is 0 Å². The zero-order valence-corrected chi connectivity index (χ0v) is 28.6.